The summed E-state index contributed by atoms with van der Waals surface area (Å²) in [5.74, 6) is -0.00273. The van der Waals surface area contributed by atoms with Crippen LogP contribution in [0, 0.1) is 5.92 Å². The lowest BCUT2D eigenvalue weighted by molar-refractivity contribution is 0.0828. The maximum Gasteiger partial charge on any atom is 0.251 e. The Morgan fingerprint density at radius 3 is 2.86 bits per heavy atom. The molecule has 4 rings (SSSR count). The van der Waals surface area contributed by atoms with Crippen molar-refractivity contribution < 1.29 is 4.79 Å². The van der Waals surface area contributed by atoms with Crippen LogP contribution in [0.15, 0.2) is 47.1 Å². The fourth-order valence-corrected chi connectivity index (χ4v) is 3.57. The maximum atomic E-state index is 12.8. The SMILES string of the molecule is Nc1ccc2c(cnn2C(=O)C2Cc3ccc(Br)cc3C2)c1. The Bertz CT molecular complexity index is 900. The number of aromatic nitrogens is 2. The van der Waals surface area contributed by atoms with Crippen molar-refractivity contribution in [3.8, 4) is 0 Å². The van der Waals surface area contributed by atoms with Crippen molar-refractivity contribution in [2.45, 2.75) is 12.8 Å². The number of fused-ring (bicyclic) bond motifs is 2. The van der Waals surface area contributed by atoms with Gasteiger partial charge in [0.1, 0.15) is 0 Å². The van der Waals surface area contributed by atoms with E-state index in [0.717, 1.165) is 28.2 Å². The minimum atomic E-state index is -0.0510. The number of nitrogen functional groups attached to an aromatic ring is 1. The van der Waals surface area contributed by atoms with Gasteiger partial charge in [0.05, 0.1) is 11.7 Å². The first kappa shape index (κ1) is 13.5. The molecule has 0 fully saturated rings. The Morgan fingerprint density at radius 1 is 1.18 bits per heavy atom. The molecule has 0 spiro atoms. The van der Waals surface area contributed by atoms with Crippen LogP contribution in [0.5, 0.6) is 0 Å². The van der Waals surface area contributed by atoms with Crippen molar-refractivity contribution >= 4 is 38.4 Å². The normalized spacial score (nSPS) is 16.9. The smallest absolute Gasteiger partial charge is 0.251 e. The number of hydrogen-bond donors (Lipinski definition) is 1. The van der Waals surface area contributed by atoms with Crippen molar-refractivity contribution in [2.24, 2.45) is 5.92 Å². The van der Waals surface area contributed by atoms with Crippen molar-refractivity contribution in [3.05, 3.63) is 58.2 Å². The van der Waals surface area contributed by atoms with E-state index in [1.165, 1.54) is 15.8 Å². The second kappa shape index (κ2) is 4.95. The van der Waals surface area contributed by atoms with Gasteiger partial charge in [0.15, 0.2) is 0 Å². The number of nitrogens with zero attached hydrogens (tertiary/aromatic N) is 2. The van der Waals surface area contributed by atoms with Crippen LogP contribution in [0.3, 0.4) is 0 Å². The van der Waals surface area contributed by atoms with Crippen molar-refractivity contribution in [1.29, 1.82) is 0 Å². The van der Waals surface area contributed by atoms with Gasteiger partial charge in [-0.05, 0) is 54.3 Å². The summed E-state index contributed by atoms with van der Waals surface area (Å²) < 4.78 is 2.57. The first-order chi connectivity index (χ1) is 10.6. The monoisotopic (exact) mass is 355 g/mol. The Balaban J connectivity index is 1.68. The highest BCUT2D eigenvalue weighted by Gasteiger charge is 2.29. The molecular weight excluding hydrogens is 342 g/mol. The van der Waals surface area contributed by atoms with Gasteiger partial charge in [0, 0.05) is 21.5 Å². The maximum absolute atomic E-state index is 12.8. The number of anilines is 1. The second-order valence-electron chi connectivity index (χ2n) is 5.73. The van der Waals surface area contributed by atoms with Gasteiger partial charge in [-0.1, -0.05) is 22.0 Å². The number of halogens is 1. The van der Waals surface area contributed by atoms with Crippen LogP contribution in [0.4, 0.5) is 5.69 Å². The molecule has 0 aliphatic heterocycles. The molecule has 0 radical (unpaired) electrons. The Labute approximate surface area is 136 Å². The summed E-state index contributed by atoms with van der Waals surface area (Å²) >= 11 is 3.49. The van der Waals surface area contributed by atoms with Crippen molar-refractivity contribution in [2.75, 3.05) is 5.73 Å². The Morgan fingerprint density at radius 2 is 2.00 bits per heavy atom. The zero-order valence-electron chi connectivity index (χ0n) is 11.8. The minimum Gasteiger partial charge on any atom is -0.399 e. The molecule has 5 heteroatoms. The molecule has 0 saturated heterocycles. The molecule has 110 valence electrons. The van der Waals surface area contributed by atoms with Crippen LogP contribution in [0.1, 0.15) is 15.9 Å². The second-order valence-corrected chi connectivity index (χ2v) is 6.65. The zero-order chi connectivity index (χ0) is 15.3. The average Bonchev–Trinajstić information content (AvgIpc) is 3.09. The average molecular weight is 356 g/mol. The van der Waals surface area contributed by atoms with Gasteiger partial charge in [0.25, 0.3) is 5.91 Å². The highest BCUT2D eigenvalue weighted by Crippen LogP contribution is 2.30. The van der Waals surface area contributed by atoms with Gasteiger partial charge in [-0.15, -0.1) is 0 Å². The van der Waals surface area contributed by atoms with E-state index in [1.54, 1.807) is 12.3 Å². The summed E-state index contributed by atoms with van der Waals surface area (Å²) in [4.78, 5) is 12.8. The number of carbonyl (C=O) groups excluding carboxylic acids is 1. The van der Waals surface area contributed by atoms with Crippen molar-refractivity contribution in [3.63, 3.8) is 0 Å². The molecule has 4 nitrogen and oxygen atoms in total. The molecule has 0 bridgehead atoms. The molecule has 22 heavy (non-hydrogen) atoms. The van der Waals surface area contributed by atoms with Crippen LogP contribution >= 0.6 is 15.9 Å². The molecule has 2 aromatic carbocycles. The fourth-order valence-electron chi connectivity index (χ4n) is 3.16. The lowest BCUT2D eigenvalue weighted by atomic mass is 10.1. The zero-order valence-corrected chi connectivity index (χ0v) is 13.4. The third-order valence-electron chi connectivity index (χ3n) is 4.25. The van der Waals surface area contributed by atoms with Crippen LogP contribution in [-0.2, 0) is 12.8 Å². The van der Waals surface area contributed by atoms with E-state index in [4.69, 9.17) is 5.73 Å². The van der Waals surface area contributed by atoms with Gasteiger partial charge in [-0.2, -0.15) is 9.78 Å². The molecule has 0 amide bonds. The van der Waals surface area contributed by atoms with Crippen LogP contribution in [0.2, 0.25) is 0 Å². The summed E-state index contributed by atoms with van der Waals surface area (Å²) in [5, 5.41) is 5.16. The summed E-state index contributed by atoms with van der Waals surface area (Å²) in [7, 11) is 0. The lowest BCUT2D eigenvalue weighted by Crippen LogP contribution is -2.23. The summed E-state index contributed by atoms with van der Waals surface area (Å²) in [5.41, 5.74) is 9.77. The van der Waals surface area contributed by atoms with E-state index in [1.807, 2.05) is 18.2 Å². The van der Waals surface area contributed by atoms with Gasteiger partial charge < -0.3 is 5.73 Å². The third kappa shape index (κ3) is 2.13. The number of rotatable bonds is 1. The Hall–Kier alpha value is -2.14. The van der Waals surface area contributed by atoms with E-state index >= 15 is 0 Å². The first-order valence-corrected chi connectivity index (χ1v) is 7.96. The van der Waals surface area contributed by atoms with Crippen molar-refractivity contribution in [1.82, 2.24) is 9.78 Å². The first-order valence-electron chi connectivity index (χ1n) is 7.16. The van der Waals surface area contributed by atoms with E-state index in [9.17, 15) is 4.79 Å². The van der Waals surface area contributed by atoms with Gasteiger partial charge in [-0.25, -0.2) is 0 Å². The van der Waals surface area contributed by atoms with Crippen LogP contribution in [0.25, 0.3) is 10.9 Å². The largest absolute Gasteiger partial charge is 0.399 e. The van der Waals surface area contributed by atoms with Crippen LogP contribution in [-0.4, -0.2) is 15.7 Å². The number of hydrogen-bond acceptors (Lipinski definition) is 3. The van der Waals surface area contributed by atoms with Gasteiger partial charge in [0.2, 0.25) is 0 Å². The highest BCUT2D eigenvalue weighted by molar-refractivity contribution is 9.10. The summed E-state index contributed by atoms with van der Waals surface area (Å²) in [6.45, 7) is 0. The quantitative estimate of drug-likeness (QED) is 0.680. The molecule has 1 aromatic heterocycles. The van der Waals surface area contributed by atoms with Gasteiger partial charge in [-0.3, -0.25) is 4.79 Å². The topological polar surface area (TPSA) is 60.9 Å². The Kier molecular flexibility index (Phi) is 3.04. The highest BCUT2D eigenvalue weighted by atomic mass is 79.9. The van der Waals surface area contributed by atoms with E-state index in [0.29, 0.717) is 5.69 Å². The molecule has 1 aliphatic rings. The molecule has 2 N–H and O–H groups in total. The summed E-state index contributed by atoms with van der Waals surface area (Å²) in [6, 6.07) is 11.7. The van der Waals surface area contributed by atoms with Crippen LogP contribution < -0.4 is 5.73 Å². The molecule has 3 aromatic rings. The molecule has 0 saturated carbocycles. The van der Waals surface area contributed by atoms with E-state index < -0.39 is 0 Å². The molecule has 1 aliphatic carbocycles. The molecule has 1 atom stereocenters. The molecular formula is C17H14BrN3O. The number of benzene rings is 2. The predicted molar refractivity (Wildman–Crippen MR) is 89.8 cm³/mol. The minimum absolute atomic E-state index is 0.0482. The number of nitrogens with two attached hydrogens (primary N) is 1. The van der Waals surface area contributed by atoms with Gasteiger partial charge >= 0.3 is 0 Å². The third-order valence-corrected chi connectivity index (χ3v) is 4.74. The lowest BCUT2D eigenvalue weighted by Gasteiger charge is -2.08. The van der Waals surface area contributed by atoms with E-state index in [2.05, 4.69) is 33.2 Å². The number of carbonyl (C=O) groups is 1. The molecule has 1 unspecified atom stereocenters. The predicted octanol–water partition coefficient (Wildman–Crippen LogP) is 3.44. The van der Waals surface area contributed by atoms with E-state index in [-0.39, 0.29) is 11.8 Å². The molecule has 1 heterocycles. The summed E-state index contributed by atoms with van der Waals surface area (Å²) in [6.07, 6.45) is 3.24. The standard InChI is InChI=1S/C17H14BrN3O/c18-14-2-1-10-5-12(6-11(10)7-14)17(22)21-16-4-3-15(19)8-13(16)9-20-21/h1-4,7-9,12H,5-6,19H2. The fraction of sp³-hybridized carbons (Fsp3) is 0.176.